The van der Waals surface area contributed by atoms with Crippen molar-refractivity contribution in [2.24, 2.45) is 0 Å². The number of amides is 1. The first kappa shape index (κ1) is 17.5. The Morgan fingerprint density at radius 3 is 2.88 bits per heavy atom. The highest BCUT2D eigenvalue weighted by molar-refractivity contribution is 5.84. The molecule has 1 aliphatic rings. The molecule has 0 radical (unpaired) electrons. The molecule has 4 nitrogen and oxygen atoms in total. The third-order valence-corrected chi connectivity index (χ3v) is 4.80. The lowest BCUT2D eigenvalue weighted by Gasteiger charge is -2.28. The average molecular weight is 342 g/mol. The van der Waals surface area contributed by atoms with Gasteiger partial charge in [-0.3, -0.25) is 9.78 Å². The topological polar surface area (TPSA) is 51.2 Å². The number of halogens is 1. The lowest BCUT2D eigenvalue weighted by atomic mass is 9.86. The first-order valence-corrected chi connectivity index (χ1v) is 8.63. The number of ether oxygens (including phenoxy) is 1. The minimum atomic E-state index is -0.544. The van der Waals surface area contributed by atoms with Crippen molar-refractivity contribution < 1.29 is 13.9 Å². The van der Waals surface area contributed by atoms with Crippen molar-refractivity contribution in [3.63, 3.8) is 0 Å². The van der Waals surface area contributed by atoms with Crippen LogP contribution in [0.5, 0.6) is 0 Å². The Bertz CT molecular complexity index is 750. The van der Waals surface area contributed by atoms with Crippen LogP contribution >= 0.6 is 0 Å². The van der Waals surface area contributed by atoms with Crippen molar-refractivity contribution in [1.82, 2.24) is 10.3 Å². The maximum absolute atomic E-state index is 14.1. The van der Waals surface area contributed by atoms with Gasteiger partial charge < -0.3 is 10.1 Å². The number of hydrogen-bond acceptors (Lipinski definition) is 3. The molecule has 3 rings (SSSR count). The van der Waals surface area contributed by atoms with Gasteiger partial charge >= 0.3 is 0 Å². The number of rotatable bonds is 5. The normalized spacial score (nSPS) is 18.9. The van der Waals surface area contributed by atoms with E-state index in [1.165, 1.54) is 13.2 Å². The molecule has 5 heteroatoms. The summed E-state index contributed by atoms with van der Waals surface area (Å²) in [6.07, 6.45) is 3.88. The number of pyridine rings is 1. The molecule has 0 saturated heterocycles. The summed E-state index contributed by atoms with van der Waals surface area (Å²) < 4.78 is 19.5. The van der Waals surface area contributed by atoms with E-state index < -0.39 is 6.10 Å². The summed E-state index contributed by atoms with van der Waals surface area (Å²) in [4.78, 5) is 17.2. The second kappa shape index (κ2) is 7.74. The van der Waals surface area contributed by atoms with E-state index >= 15 is 0 Å². The summed E-state index contributed by atoms with van der Waals surface area (Å²) in [7, 11) is 1.53. The second-order valence-corrected chi connectivity index (χ2v) is 6.47. The van der Waals surface area contributed by atoms with E-state index in [1.807, 2.05) is 19.1 Å². The molecule has 3 atom stereocenters. The van der Waals surface area contributed by atoms with Crippen LogP contribution in [0.3, 0.4) is 0 Å². The number of aryl methyl sites for hydroxylation is 1. The van der Waals surface area contributed by atoms with Gasteiger partial charge in [0.05, 0.1) is 17.7 Å². The lowest BCUT2D eigenvalue weighted by molar-refractivity contribution is -0.124. The molecule has 0 aliphatic heterocycles. The zero-order valence-corrected chi connectivity index (χ0v) is 14.5. The highest BCUT2D eigenvalue weighted by Crippen LogP contribution is 2.31. The molecule has 1 aromatic heterocycles. The number of nitrogens with zero attached hydrogens (tertiary/aromatic N) is 1. The van der Waals surface area contributed by atoms with Crippen LogP contribution < -0.4 is 5.32 Å². The van der Waals surface area contributed by atoms with Gasteiger partial charge in [0.15, 0.2) is 0 Å². The van der Waals surface area contributed by atoms with E-state index in [9.17, 15) is 9.18 Å². The quantitative estimate of drug-likeness (QED) is 0.904. The maximum Gasteiger partial charge on any atom is 0.229 e. The molecule has 25 heavy (non-hydrogen) atoms. The molecule has 1 heterocycles. The molecular weight excluding hydrogens is 319 g/mol. The molecule has 1 amide bonds. The Hall–Kier alpha value is -2.27. The molecule has 0 spiro atoms. The number of nitrogens with one attached hydrogen (secondary N) is 1. The van der Waals surface area contributed by atoms with Crippen LogP contribution in [0, 0.1) is 5.82 Å². The molecule has 1 aliphatic carbocycles. The smallest absolute Gasteiger partial charge is 0.229 e. The standard InChI is InChI=1S/C20H23FN2O2/c1-13(19(25-2)15-9-3-4-11-17(15)21)23-20(24)16-10-5-7-14-8-6-12-22-18(14)16/h3-4,6,8-9,11-13,16,19H,5,7,10H2,1-2H3,(H,23,24)/t13-,16-,19+/m1/s1. The lowest BCUT2D eigenvalue weighted by Crippen LogP contribution is -2.41. The minimum absolute atomic E-state index is 0.0782. The first-order chi connectivity index (χ1) is 12.1. The van der Waals surface area contributed by atoms with Crippen LogP contribution in [0.1, 0.15) is 48.6 Å². The van der Waals surface area contributed by atoms with Gasteiger partial charge in [0.2, 0.25) is 5.91 Å². The summed E-state index contributed by atoms with van der Waals surface area (Å²) in [5.41, 5.74) is 2.44. The van der Waals surface area contributed by atoms with E-state index in [1.54, 1.807) is 24.4 Å². The largest absolute Gasteiger partial charge is 0.375 e. The van der Waals surface area contributed by atoms with Gasteiger partial charge in [-0.25, -0.2) is 4.39 Å². The Labute approximate surface area is 147 Å². The van der Waals surface area contributed by atoms with Gasteiger partial charge in [0.25, 0.3) is 0 Å². The van der Waals surface area contributed by atoms with Gasteiger partial charge in [0.1, 0.15) is 11.9 Å². The van der Waals surface area contributed by atoms with E-state index in [-0.39, 0.29) is 23.7 Å². The van der Waals surface area contributed by atoms with Crippen LogP contribution in [0.4, 0.5) is 4.39 Å². The highest BCUT2D eigenvalue weighted by atomic mass is 19.1. The minimum Gasteiger partial charge on any atom is -0.375 e. The molecule has 1 aromatic carbocycles. The third kappa shape index (κ3) is 3.71. The van der Waals surface area contributed by atoms with Gasteiger partial charge in [0, 0.05) is 18.9 Å². The summed E-state index contributed by atoms with van der Waals surface area (Å²) in [6, 6.07) is 10.1. The van der Waals surface area contributed by atoms with E-state index in [2.05, 4.69) is 10.3 Å². The number of methoxy groups -OCH3 is 1. The molecule has 132 valence electrons. The Morgan fingerprint density at radius 2 is 2.12 bits per heavy atom. The zero-order valence-electron chi connectivity index (χ0n) is 14.5. The van der Waals surface area contributed by atoms with Gasteiger partial charge in [-0.2, -0.15) is 0 Å². The fourth-order valence-electron chi connectivity index (χ4n) is 3.57. The first-order valence-electron chi connectivity index (χ1n) is 8.63. The highest BCUT2D eigenvalue weighted by Gasteiger charge is 2.30. The molecule has 2 aromatic rings. The van der Waals surface area contributed by atoms with Gasteiger partial charge in [-0.15, -0.1) is 0 Å². The monoisotopic (exact) mass is 342 g/mol. The summed E-state index contributed by atoms with van der Waals surface area (Å²) >= 11 is 0. The van der Waals surface area contributed by atoms with Gasteiger partial charge in [-0.1, -0.05) is 24.3 Å². The number of benzene rings is 1. The molecular formula is C20H23FN2O2. The van der Waals surface area contributed by atoms with Crippen molar-refractivity contribution >= 4 is 5.91 Å². The van der Waals surface area contributed by atoms with Crippen LogP contribution in [0.15, 0.2) is 42.6 Å². The molecule has 0 fully saturated rings. The van der Waals surface area contributed by atoms with Gasteiger partial charge in [-0.05, 0) is 43.9 Å². The predicted molar refractivity (Wildman–Crippen MR) is 93.7 cm³/mol. The van der Waals surface area contributed by atoms with Crippen molar-refractivity contribution in [2.75, 3.05) is 7.11 Å². The van der Waals surface area contributed by atoms with Crippen LogP contribution in [0.25, 0.3) is 0 Å². The number of carbonyl (C=O) groups is 1. The molecule has 0 saturated carbocycles. The van der Waals surface area contributed by atoms with E-state index in [0.29, 0.717) is 5.56 Å². The van der Waals surface area contributed by atoms with Crippen LogP contribution in [-0.2, 0) is 16.0 Å². The maximum atomic E-state index is 14.1. The summed E-state index contributed by atoms with van der Waals surface area (Å²) in [5, 5.41) is 3.00. The number of carbonyl (C=O) groups excluding carboxylic acids is 1. The second-order valence-electron chi connectivity index (χ2n) is 6.47. The number of aromatic nitrogens is 1. The van der Waals surface area contributed by atoms with Crippen LogP contribution in [-0.4, -0.2) is 24.0 Å². The van der Waals surface area contributed by atoms with Crippen molar-refractivity contribution in [3.8, 4) is 0 Å². The molecule has 1 N–H and O–H groups in total. The third-order valence-electron chi connectivity index (χ3n) is 4.80. The SMILES string of the molecule is CO[C@H](c1ccccc1F)[C@@H](C)NC(=O)[C@@H]1CCCc2cccnc21. The number of hydrogen-bond donors (Lipinski definition) is 1. The molecule has 0 unspecified atom stereocenters. The van der Waals surface area contributed by atoms with E-state index in [0.717, 1.165) is 30.5 Å². The van der Waals surface area contributed by atoms with Crippen molar-refractivity contribution in [3.05, 3.63) is 65.2 Å². The zero-order chi connectivity index (χ0) is 17.8. The Balaban J connectivity index is 1.75. The fourth-order valence-corrected chi connectivity index (χ4v) is 3.57. The summed E-state index contributed by atoms with van der Waals surface area (Å²) in [5.74, 6) is -0.670. The van der Waals surface area contributed by atoms with Crippen molar-refractivity contribution in [1.29, 1.82) is 0 Å². The molecule has 0 bridgehead atoms. The summed E-state index contributed by atoms with van der Waals surface area (Å²) in [6.45, 7) is 1.83. The Morgan fingerprint density at radius 1 is 1.32 bits per heavy atom. The van der Waals surface area contributed by atoms with E-state index in [4.69, 9.17) is 4.74 Å². The average Bonchev–Trinajstić information content (AvgIpc) is 2.63. The van der Waals surface area contributed by atoms with Crippen LogP contribution in [0.2, 0.25) is 0 Å². The Kier molecular flexibility index (Phi) is 5.43. The predicted octanol–water partition coefficient (Wildman–Crippen LogP) is 3.53. The number of fused-ring (bicyclic) bond motifs is 1. The fraction of sp³-hybridized carbons (Fsp3) is 0.400. The van der Waals surface area contributed by atoms with Crippen molar-refractivity contribution in [2.45, 2.75) is 44.2 Å².